The molecule has 1 saturated heterocycles. The molecule has 0 amide bonds. The second-order valence-electron chi connectivity index (χ2n) is 4.66. The molecule has 0 aliphatic carbocycles. The van der Waals surface area contributed by atoms with Gasteiger partial charge in [0.2, 0.25) is 0 Å². The van der Waals surface area contributed by atoms with Crippen LogP contribution in [-0.4, -0.2) is 18.6 Å². The average Bonchev–Trinajstić information content (AvgIpc) is 2.30. The average molecular weight is 239 g/mol. The lowest BCUT2D eigenvalue weighted by molar-refractivity contribution is 0.0651. The molecule has 1 nitrogen and oxygen atoms in total. The fraction of sp³-hybridized carbons (Fsp3) is 0.571. The number of benzene rings is 1. The van der Waals surface area contributed by atoms with E-state index in [0.717, 1.165) is 32.5 Å². The first kappa shape index (κ1) is 11.9. The molecule has 1 fully saturated rings. The Bertz CT molecular complexity index is 331. The first-order chi connectivity index (χ1) is 7.75. The quantitative estimate of drug-likeness (QED) is 0.732. The summed E-state index contributed by atoms with van der Waals surface area (Å²) in [6.45, 7) is 3.88. The van der Waals surface area contributed by atoms with Crippen molar-refractivity contribution in [2.24, 2.45) is 5.92 Å². The topological polar surface area (TPSA) is 9.23 Å². The summed E-state index contributed by atoms with van der Waals surface area (Å²) in [6, 6.07) is 8.63. The molecule has 0 spiro atoms. The van der Waals surface area contributed by atoms with Crippen molar-refractivity contribution in [3.63, 3.8) is 0 Å². The molecule has 1 atom stereocenters. The lowest BCUT2D eigenvalue weighted by Crippen LogP contribution is -2.25. The summed E-state index contributed by atoms with van der Waals surface area (Å²) in [5.74, 6) is 0.621. The molecule has 0 radical (unpaired) electrons. The molecule has 1 heterocycles. The van der Waals surface area contributed by atoms with Crippen molar-refractivity contribution in [1.29, 1.82) is 0 Å². The number of alkyl halides is 1. The Labute approximate surface area is 103 Å². The molecule has 0 aromatic heterocycles. The summed E-state index contributed by atoms with van der Waals surface area (Å²) in [4.78, 5) is 0. The van der Waals surface area contributed by atoms with Crippen molar-refractivity contribution in [2.75, 3.05) is 13.2 Å². The summed E-state index contributed by atoms with van der Waals surface area (Å²) >= 11 is 6.49. The number of rotatable bonds is 3. The van der Waals surface area contributed by atoms with Crippen molar-refractivity contribution in [1.82, 2.24) is 0 Å². The maximum absolute atomic E-state index is 6.49. The van der Waals surface area contributed by atoms with Crippen molar-refractivity contribution in [2.45, 2.75) is 31.6 Å². The second-order valence-corrected chi connectivity index (χ2v) is 5.22. The van der Waals surface area contributed by atoms with E-state index in [9.17, 15) is 0 Å². The molecule has 1 aromatic rings. The summed E-state index contributed by atoms with van der Waals surface area (Å²) in [5, 5.41) is 0.255. The molecule has 1 aliphatic rings. The summed E-state index contributed by atoms with van der Waals surface area (Å²) in [7, 11) is 0. The van der Waals surface area contributed by atoms with E-state index >= 15 is 0 Å². The van der Waals surface area contributed by atoms with E-state index in [-0.39, 0.29) is 5.38 Å². The highest BCUT2D eigenvalue weighted by atomic mass is 35.5. The third kappa shape index (κ3) is 3.23. The number of halogens is 1. The standard InChI is InChI=1S/C14H19ClO/c1-11-3-2-4-12(9-11)10-14(15)13-5-7-16-8-6-13/h2-4,9,13-14H,5-8,10H2,1H3. The molecular weight excluding hydrogens is 220 g/mol. The maximum Gasteiger partial charge on any atom is 0.0469 e. The van der Waals surface area contributed by atoms with Crippen LogP contribution in [0.5, 0.6) is 0 Å². The van der Waals surface area contributed by atoms with Crippen LogP contribution in [0, 0.1) is 12.8 Å². The van der Waals surface area contributed by atoms with Crippen molar-refractivity contribution in [3.05, 3.63) is 35.4 Å². The molecule has 0 saturated carbocycles. The van der Waals surface area contributed by atoms with Gasteiger partial charge >= 0.3 is 0 Å². The van der Waals surface area contributed by atoms with Gasteiger partial charge in [-0.05, 0) is 37.7 Å². The van der Waals surface area contributed by atoms with E-state index in [2.05, 4.69) is 31.2 Å². The van der Waals surface area contributed by atoms with Gasteiger partial charge in [-0.3, -0.25) is 0 Å². The van der Waals surface area contributed by atoms with Gasteiger partial charge < -0.3 is 4.74 Å². The van der Waals surface area contributed by atoms with Gasteiger partial charge in [-0.15, -0.1) is 11.6 Å². The minimum Gasteiger partial charge on any atom is -0.381 e. The molecule has 0 bridgehead atoms. The Morgan fingerprint density at radius 2 is 2.12 bits per heavy atom. The molecular formula is C14H19ClO. The number of hydrogen-bond donors (Lipinski definition) is 0. The van der Waals surface area contributed by atoms with Gasteiger partial charge in [-0.2, -0.15) is 0 Å². The molecule has 16 heavy (non-hydrogen) atoms. The SMILES string of the molecule is Cc1cccc(CC(Cl)C2CCOCC2)c1. The number of hydrogen-bond acceptors (Lipinski definition) is 1. The Hall–Kier alpha value is -0.530. The van der Waals surface area contributed by atoms with Gasteiger partial charge in [0, 0.05) is 18.6 Å². The van der Waals surface area contributed by atoms with Crippen LogP contribution in [0.2, 0.25) is 0 Å². The van der Waals surface area contributed by atoms with Gasteiger partial charge in [0.15, 0.2) is 0 Å². The first-order valence-electron chi connectivity index (χ1n) is 6.03. The Morgan fingerprint density at radius 1 is 1.38 bits per heavy atom. The first-order valence-corrected chi connectivity index (χ1v) is 6.47. The highest BCUT2D eigenvalue weighted by Crippen LogP contribution is 2.25. The van der Waals surface area contributed by atoms with E-state index in [1.807, 2.05) is 0 Å². The zero-order valence-electron chi connectivity index (χ0n) is 9.79. The van der Waals surface area contributed by atoms with Gasteiger partial charge in [0.1, 0.15) is 0 Å². The minimum absolute atomic E-state index is 0.255. The second kappa shape index (κ2) is 5.70. The van der Waals surface area contributed by atoms with Crippen LogP contribution >= 0.6 is 11.6 Å². The molecule has 2 heteroatoms. The van der Waals surface area contributed by atoms with Crippen LogP contribution < -0.4 is 0 Å². The van der Waals surface area contributed by atoms with E-state index in [1.165, 1.54) is 11.1 Å². The zero-order chi connectivity index (χ0) is 11.4. The van der Waals surface area contributed by atoms with E-state index in [4.69, 9.17) is 16.3 Å². The molecule has 2 rings (SSSR count). The van der Waals surface area contributed by atoms with Gasteiger partial charge in [-0.25, -0.2) is 0 Å². The molecule has 0 N–H and O–H groups in total. The van der Waals surface area contributed by atoms with E-state index in [1.54, 1.807) is 0 Å². The summed E-state index contributed by atoms with van der Waals surface area (Å²) < 4.78 is 5.36. The fourth-order valence-corrected chi connectivity index (χ4v) is 2.74. The largest absolute Gasteiger partial charge is 0.381 e. The van der Waals surface area contributed by atoms with Crippen molar-refractivity contribution in [3.8, 4) is 0 Å². The predicted octanol–water partition coefficient (Wildman–Crippen LogP) is 3.57. The minimum atomic E-state index is 0.255. The fourth-order valence-electron chi connectivity index (χ4n) is 2.31. The lowest BCUT2D eigenvalue weighted by Gasteiger charge is -2.26. The van der Waals surface area contributed by atoms with Crippen LogP contribution in [0.4, 0.5) is 0 Å². The molecule has 1 unspecified atom stereocenters. The van der Waals surface area contributed by atoms with E-state index in [0.29, 0.717) is 5.92 Å². The van der Waals surface area contributed by atoms with Gasteiger partial charge in [0.25, 0.3) is 0 Å². The normalized spacial score (nSPS) is 19.6. The van der Waals surface area contributed by atoms with Gasteiger partial charge in [-0.1, -0.05) is 29.8 Å². The maximum atomic E-state index is 6.49. The van der Waals surface area contributed by atoms with Crippen LogP contribution in [0.15, 0.2) is 24.3 Å². The highest BCUT2D eigenvalue weighted by molar-refractivity contribution is 6.20. The Kier molecular flexibility index (Phi) is 4.25. The molecule has 1 aliphatic heterocycles. The van der Waals surface area contributed by atoms with Crippen LogP contribution in [-0.2, 0) is 11.2 Å². The van der Waals surface area contributed by atoms with Crippen molar-refractivity contribution < 1.29 is 4.74 Å². The van der Waals surface area contributed by atoms with Crippen LogP contribution in [0.25, 0.3) is 0 Å². The monoisotopic (exact) mass is 238 g/mol. The van der Waals surface area contributed by atoms with E-state index < -0.39 is 0 Å². The number of aryl methyl sites for hydroxylation is 1. The molecule has 1 aromatic carbocycles. The third-order valence-corrected chi connectivity index (χ3v) is 3.80. The van der Waals surface area contributed by atoms with Crippen LogP contribution in [0.3, 0.4) is 0 Å². The third-order valence-electron chi connectivity index (χ3n) is 3.29. The Morgan fingerprint density at radius 3 is 2.81 bits per heavy atom. The summed E-state index contributed by atoms with van der Waals surface area (Å²) in [6.07, 6.45) is 3.20. The van der Waals surface area contributed by atoms with Crippen LogP contribution in [0.1, 0.15) is 24.0 Å². The zero-order valence-corrected chi connectivity index (χ0v) is 10.5. The summed E-state index contributed by atoms with van der Waals surface area (Å²) in [5.41, 5.74) is 2.67. The Balaban J connectivity index is 1.93. The predicted molar refractivity (Wildman–Crippen MR) is 68.1 cm³/mol. The van der Waals surface area contributed by atoms with Gasteiger partial charge in [0.05, 0.1) is 0 Å². The highest BCUT2D eigenvalue weighted by Gasteiger charge is 2.22. The molecule has 88 valence electrons. The lowest BCUT2D eigenvalue weighted by atomic mass is 9.92. The number of ether oxygens (including phenoxy) is 1. The smallest absolute Gasteiger partial charge is 0.0469 e. The van der Waals surface area contributed by atoms with Crippen molar-refractivity contribution >= 4 is 11.6 Å².